The lowest BCUT2D eigenvalue weighted by atomic mass is 9.88. The van der Waals surface area contributed by atoms with E-state index in [0.717, 1.165) is 37.1 Å². The van der Waals surface area contributed by atoms with E-state index in [9.17, 15) is 9.59 Å². The normalized spacial score (nSPS) is 14.5. The molecule has 5 heteroatoms. The van der Waals surface area contributed by atoms with E-state index in [1.165, 1.54) is 13.5 Å². The van der Waals surface area contributed by atoms with Crippen LogP contribution >= 0.6 is 0 Å². The van der Waals surface area contributed by atoms with Crippen LogP contribution in [0.15, 0.2) is 48.5 Å². The lowest BCUT2D eigenvalue weighted by Gasteiger charge is -2.20. The lowest BCUT2D eigenvalue weighted by Crippen LogP contribution is -2.24. The third-order valence-electron chi connectivity index (χ3n) is 4.74. The average Bonchev–Trinajstić information content (AvgIpc) is 2.70. The molecule has 0 spiro atoms. The second-order valence-corrected chi connectivity index (χ2v) is 6.56. The van der Waals surface area contributed by atoms with Crippen LogP contribution in [-0.2, 0) is 9.53 Å². The Kier molecular flexibility index (Phi) is 5.89. The summed E-state index contributed by atoms with van der Waals surface area (Å²) in [5.41, 5.74) is 2.77. The van der Waals surface area contributed by atoms with Gasteiger partial charge in [0.05, 0.1) is 18.4 Å². The fourth-order valence-electron chi connectivity index (χ4n) is 3.28. The summed E-state index contributed by atoms with van der Waals surface area (Å²) >= 11 is 0. The molecule has 0 saturated heterocycles. The van der Waals surface area contributed by atoms with E-state index in [-0.39, 0.29) is 17.8 Å². The Labute approximate surface area is 153 Å². The maximum Gasteiger partial charge on any atom is 0.339 e. The standard InChI is InChI=1S/C21H24N2O3/c1-26-21(25)18-9-5-6-10-19(18)22-16-11-13-17(14-12-16)23-20(24)15-7-3-2-4-8-15/h5-6,9-15,22H,2-4,7-8H2,1H3,(H,23,24). The van der Waals surface area contributed by atoms with Crippen LogP contribution in [0.25, 0.3) is 0 Å². The van der Waals surface area contributed by atoms with Crippen LogP contribution in [0.1, 0.15) is 42.5 Å². The third kappa shape index (κ3) is 4.42. The summed E-state index contributed by atoms with van der Waals surface area (Å²) in [4.78, 5) is 24.2. The average molecular weight is 352 g/mol. The molecule has 1 fully saturated rings. The molecular formula is C21H24N2O3. The van der Waals surface area contributed by atoms with Crippen molar-refractivity contribution in [3.8, 4) is 0 Å². The second-order valence-electron chi connectivity index (χ2n) is 6.56. The minimum atomic E-state index is -0.385. The molecule has 26 heavy (non-hydrogen) atoms. The van der Waals surface area contributed by atoms with Crippen molar-refractivity contribution >= 4 is 28.9 Å². The van der Waals surface area contributed by atoms with E-state index in [0.29, 0.717) is 11.3 Å². The fraction of sp³-hybridized carbons (Fsp3) is 0.333. The molecule has 2 aromatic rings. The quantitative estimate of drug-likeness (QED) is 0.763. The highest BCUT2D eigenvalue weighted by molar-refractivity contribution is 5.96. The van der Waals surface area contributed by atoms with Crippen LogP contribution in [0.4, 0.5) is 17.1 Å². The van der Waals surface area contributed by atoms with E-state index in [1.54, 1.807) is 12.1 Å². The van der Waals surface area contributed by atoms with Gasteiger partial charge < -0.3 is 15.4 Å². The molecule has 0 bridgehead atoms. The van der Waals surface area contributed by atoms with Crippen molar-refractivity contribution in [2.45, 2.75) is 32.1 Å². The molecule has 0 aliphatic heterocycles. The number of anilines is 3. The first-order valence-electron chi connectivity index (χ1n) is 9.02. The number of carbonyl (C=O) groups is 2. The van der Waals surface area contributed by atoms with Gasteiger partial charge >= 0.3 is 5.97 Å². The molecule has 1 amide bonds. The smallest absolute Gasteiger partial charge is 0.339 e. The number of hydrogen-bond donors (Lipinski definition) is 2. The van der Waals surface area contributed by atoms with Gasteiger partial charge in [-0.2, -0.15) is 0 Å². The number of methoxy groups -OCH3 is 1. The van der Waals surface area contributed by atoms with Crippen LogP contribution < -0.4 is 10.6 Å². The van der Waals surface area contributed by atoms with Gasteiger partial charge in [0.2, 0.25) is 5.91 Å². The summed E-state index contributed by atoms with van der Waals surface area (Å²) in [5, 5.41) is 6.22. The van der Waals surface area contributed by atoms with Gasteiger partial charge in [-0.05, 0) is 49.2 Å². The number of benzene rings is 2. The number of para-hydroxylation sites is 1. The fourth-order valence-corrected chi connectivity index (χ4v) is 3.28. The summed E-state index contributed by atoms with van der Waals surface area (Å²) in [7, 11) is 1.36. The number of amides is 1. The maximum absolute atomic E-state index is 12.3. The van der Waals surface area contributed by atoms with Gasteiger partial charge in [-0.15, -0.1) is 0 Å². The number of carbonyl (C=O) groups excluding carboxylic acids is 2. The van der Waals surface area contributed by atoms with Crippen molar-refractivity contribution in [2.24, 2.45) is 5.92 Å². The Balaban J connectivity index is 1.65. The minimum Gasteiger partial charge on any atom is -0.465 e. The van der Waals surface area contributed by atoms with Crippen molar-refractivity contribution in [2.75, 3.05) is 17.7 Å². The summed E-state index contributed by atoms with van der Waals surface area (Å²) in [6, 6.07) is 14.7. The molecule has 5 nitrogen and oxygen atoms in total. The molecule has 1 aliphatic carbocycles. The van der Waals surface area contributed by atoms with Crippen LogP contribution in [0.3, 0.4) is 0 Å². The molecule has 3 rings (SSSR count). The highest BCUT2D eigenvalue weighted by atomic mass is 16.5. The summed E-state index contributed by atoms with van der Waals surface area (Å²) in [6.07, 6.45) is 5.48. The zero-order chi connectivity index (χ0) is 18.4. The highest BCUT2D eigenvalue weighted by Gasteiger charge is 2.21. The zero-order valence-electron chi connectivity index (χ0n) is 15.0. The molecule has 0 radical (unpaired) electrons. The first kappa shape index (κ1) is 18.0. The molecule has 0 unspecified atom stereocenters. The molecule has 2 N–H and O–H groups in total. The highest BCUT2D eigenvalue weighted by Crippen LogP contribution is 2.26. The summed E-state index contributed by atoms with van der Waals surface area (Å²) in [5.74, 6) is -0.139. The van der Waals surface area contributed by atoms with E-state index in [2.05, 4.69) is 10.6 Å². The largest absolute Gasteiger partial charge is 0.465 e. The van der Waals surface area contributed by atoms with Gasteiger partial charge in [0.15, 0.2) is 0 Å². The topological polar surface area (TPSA) is 67.4 Å². The molecular weight excluding hydrogens is 328 g/mol. The molecule has 1 saturated carbocycles. The predicted octanol–water partition coefficient (Wildman–Crippen LogP) is 4.74. The summed E-state index contributed by atoms with van der Waals surface area (Å²) in [6.45, 7) is 0. The SMILES string of the molecule is COC(=O)c1ccccc1Nc1ccc(NC(=O)C2CCCCC2)cc1. The Morgan fingerprint density at radius 1 is 0.923 bits per heavy atom. The predicted molar refractivity (Wildman–Crippen MR) is 103 cm³/mol. The number of ether oxygens (including phenoxy) is 1. The van der Waals surface area contributed by atoms with Crippen LogP contribution in [-0.4, -0.2) is 19.0 Å². The van der Waals surface area contributed by atoms with Gasteiger partial charge in [0, 0.05) is 17.3 Å². The van der Waals surface area contributed by atoms with E-state index >= 15 is 0 Å². The van der Waals surface area contributed by atoms with Crippen LogP contribution in [0, 0.1) is 5.92 Å². The van der Waals surface area contributed by atoms with Crippen LogP contribution in [0.2, 0.25) is 0 Å². The Morgan fingerprint density at radius 2 is 1.58 bits per heavy atom. The number of hydrogen-bond acceptors (Lipinski definition) is 4. The monoisotopic (exact) mass is 352 g/mol. The van der Waals surface area contributed by atoms with E-state index < -0.39 is 0 Å². The van der Waals surface area contributed by atoms with Crippen molar-refractivity contribution < 1.29 is 14.3 Å². The first-order valence-corrected chi connectivity index (χ1v) is 9.02. The lowest BCUT2D eigenvalue weighted by molar-refractivity contribution is -0.120. The molecule has 0 atom stereocenters. The first-order chi connectivity index (χ1) is 12.7. The Hall–Kier alpha value is -2.82. The van der Waals surface area contributed by atoms with Gasteiger partial charge in [-0.3, -0.25) is 4.79 Å². The molecule has 2 aromatic carbocycles. The Morgan fingerprint density at radius 3 is 2.27 bits per heavy atom. The second kappa shape index (κ2) is 8.52. The van der Waals surface area contributed by atoms with Crippen molar-refractivity contribution in [3.63, 3.8) is 0 Å². The zero-order valence-corrected chi connectivity index (χ0v) is 15.0. The number of esters is 1. The molecule has 0 aromatic heterocycles. The van der Waals surface area contributed by atoms with E-state index in [4.69, 9.17) is 4.74 Å². The Bertz CT molecular complexity index is 765. The van der Waals surface area contributed by atoms with Crippen LogP contribution in [0.5, 0.6) is 0 Å². The molecule has 0 heterocycles. The minimum absolute atomic E-state index is 0.112. The molecule has 1 aliphatic rings. The van der Waals surface area contributed by atoms with Gasteiger partial charge in [0.1, 0.15) is 0 Å². The summed E-state index contributed by atoms with van der Waals surface area (Å²) < 4.78 is 4.81. The number of nitrogens with one attached hydrogen (secondary N) is 2. The van der Waals surface area contributed by atoms with E-state index in [1.807, 2.05) is 36.4 Å². The van der Waals surface area contributed by atoms with Gasteiger partial charge in [-0.1, -0.05) is 31.4 Å². The van der Waals surface area contributed by atoms with Crippen molar-refractivity contribution in [1.82, 2.24) is 0 Å². The van der Waals surface area contributed by atoms with Crippen molar-refractivity contribution in [3.05, 3.63) is 54.1 Å². The third-order valence-corrected chi connectivity index (χ3v) is 4.74. The maximum atomic E-state index is 12.3. The van der Waals surface area contributed by atoms with Gasteiger partial charge in [0.25, 0.3) is 0 Å². The molecule has 136 valence electrons. The van der Waals surface area contributed by atoms with Gasteiger partial charge in [-0.25, -0.2) is 4.79 Å². The number of rotatable bonds is 5. The van der Waals surface area contributed by atoms with Crippen molar-refractivity contribution in [1.29, 1.82) is 0 Å².